The normalized spacial score (nSPS) is 15.1. The fourth-order valence-corrected chi connectivity index (χ4v) is 3.46. The molecule has 1 aromatic heterocycles. The molecule has 1 saturated heterocycles. The molecule has 0 bridgehead atoms. The first kappa shape index (κ1) is 19.7. The fourth-order valence-electron chi connectivity index (χ4n) is 2.52. The lowest BCUT2D eigenvalue weighted by atomic mass is 10.2. The van der Waals surface area contributed by atoms with Gasteiger partial charge in [-0.2, -0.15) is 13.2 Å². The van der Waals surface area contributed by atoms with Gasteiger partial charge in [-0.1, -0.05) is 0 Å². The molecule has 0 N–H and O–H groups in total. The number of ether oxygens (including phenoxy) is 1. The average molecular weight is 415 g/mol. The monoisotopic (exact) mass is 415 g/mol. The van der Waals surface area contributed by atoms with E-state index in [0.717, 1.165) is 23.5 Å². The number of hydrogen-bond acceptors (Lipinski definition) is 7. The van der Waals surface area contributed by atoms with Crippen LogP contribution in [-0.2, 0) is 31.8 Å². The number of rotatable bonds is 5. The molecule has 1 aromatic carbocycles. The summed E-state index contributed by atoms with van der Waals surface area (Å²) < 4.78 is 43.5. The number of nitrogens with zero attached hydrogens (tertiary/aromatic N) is 3. The highest BCUT2D eigenvalue weighted by Crippen LogP contribution is 2.33. The van der Waals surface area contributed by atoms with E-state index in [1.54, 1.807) is 6.92 Å². The van der Waals surface area contributed by atoms with E-state index in [4.69, 9.17) is 0 Å². The summed E-state index contributed by atoms with van der Waals surface area (Å²) >= 11 is 0.986. The van der Waals surface area contributed by atoms with Gasteiger partial charge in [0.15, 0.2) is 0 Å². The van der Waals surface area contributed by atoms with Crippen LogP contribution in [0.15, 0.2) is 18.2 Å². The van der Waals surface area contributed by atoms with Crippen molar-refractivity contribution in [1.82, 2.24) is 14.8 Å². The minimum atomic E-state index is -4.53. The maximum atomic E-state index is 12.8. The van der Waals surface area contributed by atoms with Gasteiger partial charge >= 0.3 is 30.0 Å². The van der Waals surface area contributed by atoms with Crippen LogP contribution in [0.1, 0.15) is 17.5 Å². The van der Waals surface area contributed by atoms with Crippen molar-refractivity contribution < 1.29 is 37.1 Å². The Labute approximate surface area is 159 Å². The second kappa shape index (κ2) is 7.19. The number of aromatic nitrogens is 1. The average Bonchev–Trinajstić information content (AvgIpc) is 3.10. The lowest BCUT2D eigenvalue weighted by Gasteiger charge is -2.13. The molecule has 148 valence electrons. The molecule has 0 saturated carbocycles. The smallest absolute Gasteiger partial charge is 0.416 e. The highest BCUT2D eigenvalue weighted by atomic mass is 32.1. The van der Waals surface area contributed by atoms with E-state index in [1.807, 2.05) is 0 Å². The maximum Gasteiger partial charge on any atom is 0.416 e. The van der Waals surface area contributed by atoms with Crippen molar-refractivity contribution >= 4 is 45.4 Å². The van der Waals surface area contributed by atoms with E-state index < -0.39 is 48.6 Å². The zero-order valence-electron chi connectivity index (χ0n) is 14.3. The summed E-state index contributed by atoms with van der Waals surface area (Å²) in [5.41, 5.74) is -0.815. The number of carbonyl (C=O) groups excluding carboxylic acids is 4. The molecule has 0 unspecified atom stereocenters. The third kappa shape index (κ3) is 3.67. The van der Waals surface area contributed by atoms with Crippen LogP contribution in [0.25, 0.3) is 10.2 Å². The van der Waals surface area contributed by atoms with Gasteiger partial charge in [-0.05, 0) is 25.1 Å². The Kier molecular flexibility index (Phi) is 5.06. The zero-order valence-corrected chi connectivity index (χ0v) is 15.1. The van der Waals surface area contributed by atoms with E-state index in [0.29, 0.717) is 14.5 Å². The predicted octanol–water partition coefficient (Wildman–Crippen LogP) is 2.17. The Morgan fingerprint density at radius 3 is 2.50 bits per heavy atom. The van der Waals surface area contributed by atoms with Crippen LogP contribution >= 0.6 is 11.3 Å². The zero-order chi connectivity index (χ0) is 20.6. The van der Waals surface area contributed by atoms with Crippen LogP contribution < -0.4 is 0 Å². The van der Waals surface area contributed by atoms with Gasteiger partial charge in [0.05, 0.1) is 28.9 Å². The third-order valence-corrected chi connectivity index (χ3v) is 4.80. The molecular weight excluding hydrogens is 403 g/mol. The Bertz CT molecular complexity index is 988. The molecule has 0 atom stereocenters. The number of urea groups is 1. The summed E-state index contributed by atoms with van der Waals surface area (Å²) in [6.45, 7) is 0.477. The second-order valence-corrected chi connectivity index (χ2v) is 6.77. The molecule has 0 aliphatic carbocycles. The standard InChI is InChI=1S/C16H12F3N3O5S/c1-2-27-12(23)7-22-14(25)13(24)21(15(22)26)6-11-20-9-5-8(16(17,18)19)3-4-10(9)28-11/h3-5H,2,6-7H2,1H3. The first-order chi connectivity index (χ1) is 13.1. The number of imide groups is 2. The molecule has 8 nitrogen and oxygen atoms in total. The van der Waals surface area contributed by atoms with Crippen LogP contribution in [0, 0.1) is 0 Å². The minimum absolute atomic E-state index is 0.0400. The van der Waals surface area contributed by atoms with Gasteiger partial charge in [0, 0.05) is 0 Å². The van der Waals surface area contributed by atoms with E-state index >= 15 is 0 Å². The van der Waals surface area contributed by atoms with Crippen LogP contribution in [0.2, 0.25) is 0 Å². The second-order valence-electron chi connectivity index (χ2n) is 5.66. The highest BCUT2D eigenvalue weighted by Gasteiger charge is 2.45. The van der Waals surface area contributed by atoms with Gasteiger partial charge in [-0.3, -0.25) is 14.4 Å². The van der Waals surface area contributed by atoms with E-state index in [-0.39, 0.29) is 17.1 Å². The number of thiazole rings is 1. The van der Waals surface area contributed by atoms with Gasteiger partial charge in [0.1, 0.15) is 11.6 Å². The predicted molar refractivity (Wildman–Crippen MR) is 88.9 cm³/mol. The molecule has 28 heavy (non-hydrogen) atoms. The molecule has 12 heteroatoms. The molecule has 1 fully saturated rings. The molecular formula is C16H12F3N3O5S. The molecule has 2 heterocycles. The molecule has 4 amide bonds. The van der Waals surface area contributed by atoms with Crippen LogP contribution in [0.5, 0.6) is 0 Å². The topological polar surface area (TPSA) is 96.9 Å². The maximum absolute atomic E-state index is 12.8. The number of halogens is 3. The van der Waals surface area contributed by atoms with Crippen molar-refractivity contribution in [2.24, 2.45) is 0 Å². The molecule has 1 aliphatic rings. The van der Waals surface area contributed by atoms with Crippen molar-refractivity contribution in [2.75, 3.05) is 13.2 Å². The Balaban J connectivity index is 1.81. The summed E-state index contributed by atoms with van der Waals surface area (Å²) in [4.78, 5) is 52.9. The number of alkyl halides is 3. The molecule has 0 radical (unpaired) electrons. The number of amides is 4. The third-order valence-electron chi connectivity index (χ3n) is 3.78. The number of benzene rings is 1. The van der Waals surface area contributed by atoms with E-state index in [1.165, 1.54) is 6.07 Å². The lowest BCUT2D eigenvalue weighted by Crippen LogP contribution is -2.37. The van der Waals surface area contributed by atoms with E-state index in [9.17, 15) is 32.3 Å². The quantitative estimate of drug-likeness (QED) is 0.422. The minimum Gasteiger partial charge on any atom is -0.465 e. The van der Waals surface area contributed by atoms with Crippen molar-refractivity contribution in [2.45, 2.75) is 19.6 Å². The number of hydrogen-bond donors (Lipinski definition) is 0. The first-order valence-corrected chi connectivity index (χ1v) is 8.73. The Morgan fingerprint density at radius 2 is 1.86 bits per heavy atom. The largest absolute Gasteiger partial charge is 0.465 e. The fraction of sp³-hybridized carbons (Fsp3) is 0.312. The molecule has 0 spiro atoms. The summed E-state index contributed by atoms with van der Waals surface area (Å²) in [5, 5.41) is 0.168. The van der Waals surface area contributed by atoms with Crippen LogP contribution in [0.4, 0.5) is 18.0 Å². The summed E-state index contributed by atoms with van der Waals surface area (Å²) in [6, 6.07) is 1.99. The van der Waals surface area contributed by atoms with Gasteiger partial charge in [-0.15, -0.1) is 11.3 Å². The summed E-state index contributed by atoms with van der Waals surface area (Å²) in [5.74, 6) is -3.18. The van der Waals surface area contributed by atoms with Gasteiger partial charge in [0.25, 0.3) is 0 Å². The number of carbonyl (C=O) groups is 4. The van der Waals surface area contributed by atoms with Gasteiger partial charge in [0.2, 0.25) is 0 Å². The Hall–Kier alpha value is -3.02. The van der Waals surface area contributed by atoms with Crippen LogP contribution in [0.3, 0.4) is 0 Å². The number of fused-ring (bicyclic) bond motifs is 1. The SMILES string of the molecule is CCOC(=O)CN1C(=O)C(=O)N(Cc2nc3cc(C(F)(F)F)ccc3s2)C1=O. The van der Waals surface area contributed by atoms with Gasteiger partial charge < -0.3 is 4.74 Å². The van der Waals surface area contributed by atoms with E-state index in [2.05, 4.69) is 9.72 Å². The van der Waals surface area contributed by atoms with Gasteiger partial charge in [-0.25, -0.2) is 19.6 Å². The summed E-state index contributed by atoms with van der Waals surface area (Å²) in [6.07, 6.45) is -4.53. The molecule has 3 rings (SSSR count). The Morgan fingerprint density at radius 1 is 1.18 bits per heavy atom. The van der Waals surface area contributed by atoms with Crippen LogP contribution in [-0.4, -0.2) is 51.8 Å². The summed E-state index contributed by atoms with van der Waals surface area (Å²) in [7, 11) is 0. The van der Waals surface area contributed by atoms with Crippen molar-refractivity contribution in [3.05, 3.63) is 28.8 Å². The lowest BCUT2D eigenvalue weighted by molar-refractivity contribution is -0.148. The number of esters is 1. The highest BCUT2D eigenvalue weighted by molar-refractivity contribution is 7.18. The van der Waals surface area contributed by atoms with Crippen molar-refractivity contribution in [1.29, 1.82) is 0 Å². The first-order valence-electron chi connectivity index (χ1n) is 7.91. The van der Waals surface area contributed by atoms with Crippen molar-refractivity contribution in [3.63, 3.8) is 0 Å². The van der Waals surface area contributed by atoms with Crippen molar-refractivity contribution in [3.8, 4) is 0 Å². The molecule has 2 aromatic rings. The molecule has 1 aliphatic heterocycles.